The first-order valence-corrected chi connectivity index (χ1v) is 12.7. The molecule has 0 aliphatic rings. The van der Waals surface area contributed by atoms with Gasteiger partial charge in [-0.1, -0.05) is 61.7 Å². The topological polar surface area (TPSA) is 47.0 Å². The number of hydrogen-bond donors (Lipinski definition) is 0. The highest BCUT2D eigenvalue weighted by atomic mass is 32.2. The fraction of sp³-hybridized carbons (Fsp3) is 0.435. The molecule has 28 heavy (non-hydrogen) atoms. The van der Waals surface area contributed by atoms with E-state index in [1.807, 2.05) is 0 Å². The number of unbranched alkanes of at least 4 members (excludes halogenated alkanes) is 4. The molecule has 0 radical (unpaired) electrons. The Morgan fingerprint density at radius 1 is 0.929 bits per heavy atom. The summed E-state index contributed by atoms with van der Waals surface area (Å²) >= 11 is 1.74. The fourth-order valence-corrected chi connectivity index (χ4v) is 5.26. The molecule has 3 rings (SSSR count). The van der Waals surface area contributed by atoms with E-state index in [2.05, 4.69) is 47.8 Å². The summed E-state index contributed by atoms with van der Waals surface area (Å²) in [7, 11) is -2.88. The van der Waals surface area contributed by atoms with E-state index < -0.39 is 9.84 Å². The summed E-state index contributed by atoms with van der Waals surface area (Å²) < 4.78 is 23.6. The van der Waals surface area contributed by atoms with Crippen molar-refractivity contribution >= 4 is 31.9 Å². The number of sulfone groups is 1. The number of rotatable bonds is 10. The van der Waals surface area contributed by atoms with Crippen molar-refractivity contribution in [3.05, 3.63) is 52.9 Å². The Balaban J connectivity index is 1.46. The van der Waals surface area contributed by atoms with Gasteiger partial charge in [0.2, 0.25) is 0 Å². The summed E-state index contributed by atoms with van der Waals surface area (Å²) in [5, 5.41) is 5.58. The van der Waals surface area contributed by atoms with Gasteiger partial charge in [-0.25, -0.2) is 13.4 Å². The van der Waals surface area contributed by atoms with Crippen LogP contribution in [0.1, 0.15) is 51.0 Å². The van der Waals surface area contributed by atoms with Crippen molar-refractivity contribution in [2.24, 2.45) is 0 Å². The van der Waals surface area contributed by atoms with Crippen molar-refractivity contribution < 1.29 is 8.42 Å². The molecule has 1 aromatic heterocycles. The van der Waals surface area contributed by atoms with Crippen molar-refractivity contribution in [3.8, 4) is 11.3 Å². The smallest absolute Gasteiger partial charge is 0.152 e. The summed E-state index contributed by atoms with van der Waals surface area (Å²) in [5.74, 6) is 0.325. The lowest BCUT2D eigenvalue weighted by molar-refractivity contribution is 0.577. The van der Waals surface area contributed by atoms with Crippen LogP contribution in [0.4, 0.5) is 0 Å². The fourth-order valence-electron chi connectivity index (χ4n) is 3.34. The van der Waals surface area contributed by atoms with Crippen LogP contribution in [0.15, 0.2) is 47.8 Å². The first kappa shape index (κ1) is 21.0. The highest BCUT2D eigenvalue weighted by Crippen LogP contribution is 2.29. The van der Waals surface area contributed by atoms with Crippen LogP contribution in [-0.2, 0) is 16.3 Å². The lowest BCUT2D eigenvalue weighted by Crippen LogP contribution is -2.17. The van der Waals surface area contributed by atoms with E-state index >= 15 is 0 Å². The van der Waals surface area contributed by atoms with Crippen LogP contribution in [0.5, 0.6) is 0 Å². The van der Waals surface area contributed by atoms with Crippen molar-refractivity contribution in [2.45, 2.75) is 57.6 Å². The molecule has 0 atom stereocenters. The van der Waals surface area contributed by atoms with Gasteiger partial charge in [-0.05, 0) is 43.9 Å². The molecule has 0 N–H and O–H groups in total. The predicted molar refractivity (Wildman–Crippen MR) is 121 cm³/mol. The zero-order valence-electron chi connectivity index (χ0n) is 16.7. The minimum Gasteiger partial charge on any atom is -0.241 e. The average Bonchev–Trinajstić information content (AvgIpc) is 3.15. The SMILES string of the molecule is CC(C)S(=O)(=O)CCCCCCCc1nc(-c2cccc3ccccc23)cs1. The number of hydrogen-bond acceptors (Lipinski definition) is 4. The second-order valence-electron chi connectivity index (χ2n) is 7.59. The van der Waals surface area contributed by atoms with Gasteiger partial charge < -0.3 is 0 Å². The molecule has 2 aromatic carbocycles. The van der Waals surface area contributed by atoms with Gasteiger partial charge in [-0.3, -0.25) is 0 Å². The van der Waals surface area contributed by atoms with Crippen LogP contribution in [0, 0.1) is 0 Å². The minimum absolute atomic E-state index is 0.256. The molecule has 3 nitrogen and oxygen atoms in total. The number of fused-ring (bicyclic) bond motifs is 1. The first-order valence-electron chi connectivity index (χ1n) is 10.1. The van der Waals surface area contributed by atoms with Crippen molar-refractivity contribution in [3.63, 3.8) is 0 Å². The molecule has 0 spiro atoms. The van der Waals surface area contributed by atoms with E-state index in [9.17, 15) is 8.42 Å². The van der Waals surface area contributed by atoms with Crippen LogP contribution in [0.3, 0.4) is 0 Å². The normalized spacial score (nSPS) is 12.1. The Kier molecular flexibility index (Phi) is 7.24. The van der Waals surface area contributed by atoms with Crippen LogP contribution in [0.25, 0.3) is 22.0 Å². The summed E-state index contributed by atoms with van der Waals surface area (Å²) in [5.41, 5.74) is 2.27. The van der Waals surface area contributed by atoms with Crippen molar-refractivity contribution in [1.29, 1.82) is 0 Å². The van der Waals surface area contributed by atoms with E-state index in [1.165, 1.54) is 21.3 Å². The summed E-state index contributed by atoms with van der Waals surface area (Å²) in [6.45, 7) is 3.52. The van der Waals surface area contributed by atoms with E-state index in [0.717, 1.165) is 44.2 Å². The van der Waals surface area contributed by atoms with Crippen LogP contribution in [-0.4, -0.2) is 24.4 Å². The van der Waals surface area contributed by atoms with Crippen LogP contribution >= 0.6 is 11.3 Å². The molecule has 0 fully saturated rings. The summed E-state index contributed by atoms with van der Waals surface area (Å²) in [4.78, 5) is 4.86. The molecule has 0 saturated heterocycles. The molecule has 0 amide bonds. The van der Waals surface area contributed by atoms with Crippen LogP contribution in [0.2, 0.25) is 0 Å². The van der Waals surface area contributed by atoms with Crippen molar-refractivity contribution in [2.75, 3.05) is 5.75 Å². The monoisotopic (exact) mass is 415 g/mol. The maximum Gasteiger partial charge on any atom is 0.152 e. The molecule has 1 heterocycles. The average molecular weight is 416 g/mol. The molecule has 3 aromatic rings. The van der Waals surface area contributed by atoms with E-state index in [1.54, 1.807) is 25.2 Å². The highest BCUT2D eigenvalue weighted by Gasteiger charge is 2.14. The van der Waals surface area contributed by atoms with Gasteiger partial charge in [0.1, 0.15) is 0 Å². The quantitative estimate of drug-likeness (QED) is 0.366. The minimum atomic E-state index is -2.88. The molecule has 0 aliphatic carbocycles. The van der Waals surface area contributed by atoms with Crippen molar-refractivity contribution in [1.82, 2.24) is 4.98 Å². The Labute approximate surface area is 172 Å². The largest absolute Gasteiger partial charge is 0.241 e. The number of benzene rings is 2. The second kappa shape index (κ2) is 9.66. The summed E-state index contributed by atoms with van der Waals surface area (Å²) in [6, 6.07) is 14.8. The maximum absolute atomic E-state index is 11.8. The lowest BCUT2D eigenvalue weighted by atomic mass is 10.0. The van der Waals surface area contributed by atoms with Gasteiger partial charge in [0, 0.05) is 10.9 Å². The molecule has 0 unspecified atom stereocenters. The highest BCUT2D eigenvalue weighted by molar-refractivity contribution is 7.91. The van der Waals surface area contributed by atoms with E-state index in [-0.39, 0.29) is 5.25 Å². The third kappa shape index (κ3) is 5.42. The van der Waals surface area contributed by atoms with Gasteiger partial charge in [-0.15, -0.1) is 11.3 Å². The molecule has 0 aliphatic heterocycles. The Morgan fingerprint density at radius 3 is 2.46 bits per heavy atom. The van der Waals surface area contributed by atoms with Gasteiger partial charge in [0.25, 0.3) is 0 Å². The van der Waals surface area contributed by atoms with Crippen LogP contribution < -0.4 is 0 Å². The van der Waals surface area contributed by atoms with E-state index in [4.69, 9.17) is 4.98 Å². The number of thiazole rings is 1. The van der Waals surface area contributed by atoms with Gasteiger partial charge in [0.15, 0.2) is 9.84 Å². The molecule has 0 saturated carbocycles. The molecular formula is C23H29NO2S2. The number of aromatic nitrogens is 1. The number of nitrogens with zero attached hydrogens (tertiary/aromatic N) is 1. The maximum atomic E-state index is 11.8. The Morgan fingerprint density at radius 2 is 1.64 bits per heavy atom. The number of aryl methyl sites for hydroxylation is 1. The van der Waals surface area contributed by atoms with Gasteiger partial charge >= 0.3 is 0 Å². The second-order valence-corrected chi connectivity index (χ2v) is 11.2. The molecule has 5 heteroatoms. The molecule has 0 bridgehead atoms. The predicted octanol–water partition coefficient (Wildman–Crippen LogP) is 6.28. The molecular weight excluding hydrogens is 386 g/mol. The Bertz CT molecular complexity index is 1000. The zero-order valence-corrected chi connectivity index (χ0v) is 18.4. The van der Waals surface area contributed by atoms with E-state index in [0.29, 0.717) is 5.75 Å². The summed E-state index contributed by atoms with van der Waals surface area (Å²) in [6.07, 6.45) is 6.10. The third-order valence-corrected chi connectivity index (χ3v) is 8.36. The zero-order chi connectivity index (χ0) is 20.0. The third-order valence-electron chi connectivity index (χ3n) is 5.16. The molecule has 150 valence electrons. The first-order chi connectivity index (χ1) is 13.5. The van der Waals surface area contributed by atoms with Gasteiger partial charge in [-0.2, -0.15) is 0 Å². The Hall–Kier alpha value is -1.72. The standard InChI is InChI=1S/C23H29NO2S2/c1-18(2)28(25,26)16-9-5-3-4-6-15-23-24-22(17-27-23)21-14-10-12-19-11-7-8-13-20(19)21/h7-8,10-14,17-18H,3-6,9,15-16H2,1-2H3. The van der Waals surface area contributed by atoms with Gasteiger partial charge in [0.05, 0.1) is 21.7 Å². The lowest BCUT2D eigenvalue weighted by Gasteiger charge is -2.07.